The van der Waals surface area contributed by atoms with Crippen LogP contribution in [0.25, 0.3) is 5.69 Å². The molecule has 27 heavy (non-hydrogen) atoms. The van der Waals surface area contributed by atoms with Crippen molar-refractivity contribution in [3.8, 4) is 5.69 Å². The number of nitrogens with zero attached hydrogens (tertiary/aromatic N) is 4. The molecule has 0 atom stereocenters. The highest BCUT2D eigenvalue weighted by molar-refractivity contribution is 5.79. The number of aliphatic imine (C=N–C) groups is 1. The Bertz CT molecular complexity index is 826. The highest BCUT2D eigenvalue weighted by Crippen LogP contribution is 2.09. The predicted molar refractivity (Wildman–Crippen MR) is 109 cm³/mol. The number of rotatable bonds is 8. The second kappa shape index (κ2) is 10.1. The Morgan fingerprint density at radius 1 is 1.00 bits per heavy atom. The maximum absolute atomic E-state index is 4.66. The summed E-state index contributed by atoms with van der Waals surface area (Å²) in [7, 11) is 0. The summed E-state index contributed by atoms with van der Waals surface area (Å²) in [5, 5.41) is 14.9. The van der Waals surface area contributed by atoms with Crippen LogP contribution in [-0.2, 0) is 13.0 Å². The van der Waals surface area contributed by atoms with Gasteiger partial charge in [-0.05, 0) is 37.5 Å². The second-order valence-corrected chi connectivity index (χ2v) is 6.16. The van der Waals surface area contributed by atoms with Gasteiger partial charge in [-0.15, -0.1) is 10.2 Å². The lowest BCUT2D eigenvalue weighted by atomic mass is 10.1. The van der Waals surface area contributed by atoms with E-state index in [9.17, 15) is 0 Å². The minimum absolute atomic E-state index is 0.461. The summed E-state index contributed by atoms with van der Waals surface area (Å²) in [6.07, 6.45) is 3.82. The van der Waals surface area contributed by atoms with Crippen LogP contribution >= 0.6 is 0 Å². The minimum Gasteiger partial charge on any atom is -0.357 e. The Morgan fingerprint density at radius 2 is 1.74 bits per heavy atom. The number of hydrogen-bond donors (Lipinski definition) is 2. The molecule has 0 amide bonds. The first kappa shape index (κ1) is 18.6. The Morgan fingerprint density at radius 3 is 2.48 bits per heavy atom. The number of nitrogens with one attached hydrogen (secondary N) is 2. The summed E-state index contributed by atoms with van der Waals surface area (Å²) < 4.78 is 1.96. The SMILES string of the molecule is CCNC(=NCc1nncn1-c1ccccc1)NCCCc1ccccc1. The fraction of sp³-hybridized carbons (Fsp3) is 0.286. The topological polar surface area (TPSA) is 67.1 Å². The molecule has 2 N–H and O–H groups in total. The van der Waals surface area contributed by atoms with Gasteiger partial charge in [0, 0.05) is 18.8 Å². The van der Waals surface area contributed by atoms with Crippen LogP contribution < -0.4 is 10.6 Å². The van der Waals surface area contributed by atoms with E-state index in [0.29, 0.717) is 6.54 Å². The minimum atomic E-state index is 0.461. The molecule has 6 heteroatoms. The van der Waals surface area contributed by atoms with Crippen molar-refractivity contribution in [2.45, 2.75) is 26.3 Å². The zero-order valence-corrected chi connectivity index (χ0v) is 15.7. The molecular formula is C21H26N6. The maximum Gasteiger partial charge on any atom is 0.191 e. The summed E-state index contributed by atoms with van der Waals surface area (Å²) in [5.74, 6) is 1.61. The van der Waals surface area contributed by atoms with Gasteiger partial charge in [-0.2, -0.15) is 0 Å². The molecule has 0 spiro atoms. The normalized spacial score (nSPS) is 11.4. The van der Waals surface area contributed by atoms with Crippen LogP contribution in [0.3, 0.4) is 0 Å². The molecule has 0 radical (unpaired) electrons. The molecular weight excluding hydrogens is 336 g/mol. The van der Waals surface area contributed by atoms with Crippen LogP contribution in [-0.4, -0.2) is 33.8 Å². The molecule has 0 saturated carbocycles. The van der Waals surface area contributed by atoms with Gasteiger partial charge < -0.3 is 10.6 Å². The van der Waals surface area contributed by atoms with Gasteiger partial charge in [0.15, 0.2) is 11.8 Å². The standard InChI is InChI=1S/C21H26N6/c1-2-22-21(23-15-9-12-18-10-5-3-6-11-18)24-16-20-26-25-17-27(20)19-13-7-4-8-14-19/h3-8,10-11,13-14,17H,2,9,12,15-16H2,1H3,(H2,22,23,24). The Balaban J connectivity index is 1.56. The van der Waals surface area contributed by atoms with E-state index in [4.69, 9.17) is 0 Å². The highest BCUT2D eigenvalue weighted by Gasteiger charge is 2.06. The molecule has 0 saturated heterocycles. The monoisotopic (exact) mass is 362 g/mol. The number of guanidine groups is 1. The smallest absolute Gasteiger partial charge is 0.191 e. The van der Waals surface area contributed by atoms with Gasteiger partial charge in [0.2, 0.25) is 0 Å². The molecule has 0 aliphatic heterocycles. The van der Waals surface area contributed by atoms with Crippen molar-refractivity contribution in [3.63, 3.8) is 0 Å². The van der Waals surface area contributed by atoms with Crippen molar-refractivity contribution in [3.05, 3.63) is 78.4 Å². The van der Waals surface area contributed by atoms with E-state index in [-0.39, 0.29) is 0 Å². The number of benzene rings is 2. The van der Waals surface area contributed by atoms with Crippen LogP contribution in [0.15, 0.2) is 72.0 Å². The Kier molecular flexibility index (Phi) is 6.98. The van der Waals surface area contributed by atoms with E-state index in [1.807, 2.05) is 41.0 Å². The van der Waals surface area contributed by atoms with Gasteiger partial charge in [0.25, 0.3) is 0 Å². The van der Waals surface area contributed by atoms with E-state index in [1.165, 1.54) is 5.56 Å². The lowest BCUT2D eigenvalue weighted by Gasteiger charge is -2.11. The zero-order valence-electron chi connectivity index (χ0n) is 15.7. The second-order valence-electron chi connectivity index (χ2n) is 6.16. The molecule has 2 aromatic carbocycles. The van der Waals surface area contributed by atoms with E-state index in [1.54, 1.807) is 6.33 Å². The van der Waals surface area contributed by atoms with Crippen molar-refractivity contribution in [2.24, 2.45) is 4.99 Å². The molecule has 0 unspecified atom stereocenters. The highest BCUT2D eigenvalue weighted by atomic mass is 15.3. The molecule has 1 aromatic heterocycles. The third-order valence-electron chi connectivity index (χ3n) is 4.15. The average Bonchev–Trinajstić information content (AvgIpc) is 3.19. The van der Waals surface area contributed by atoms with Crippen molar-refractivity contribution in [1.82, 2.24) is 25.4 Å². The predicted octanol–water partition coefficient (Wildman–Crippen LogP) is 2.96. The molecule has 0 aliphatic rings. The summed E-state index contributed by atoms with van der Waals surface area (Å²) >= 11 is 0. The van der Waals surface area contributed by atoms with Crippen molar-refractivity contribution in [1.29, 1.82) is 0 Å². The summed E-state index contributed by atoms with van der Waals surface area (Å²) in [4.78, 5) is 4.66. The van der Waals surface area contributed by atoms with Crippen molar-refractivity contribution < 1.29 is 0 Å². The largest absolute Gasteiger partial charge is 0.357 e. The van der Waals surface area contributed by atoms with Gasteiger partial charge >= 0.3 is 0 Å². The summed E-state index contributed by atoms with van der Waals surface area (Å²) in [5.41, 5.74) is 2.39. The fourth-order valence-corrected chi connectivity index (χ4v) is 2.81. The van der Waals surface area contributed by atoms with E-state index in [0.717, 1.165) is 43.4 Å². The fourth-order valence-electron chi connectivity index (χ4n) is 2.81. The van der Waals surface area contributed by atoms with Crippen LogP contribution in [0.2, 0.25) is 0 Å². The van der Waals surface area contributed by atoms with Gasteiger partial charge in [-0.1, -0.05) is 48.5 Å². The maximum atomic E-state index is 4.66. The molecule has 3 rings (SSSR count). The van der Waals surface area contributed by atoms with Gasteiger partial charge in [-0.3, -0.25) is 4.57 Å². The molecule has 0 bridgehead atoms. The van der Waals surface area contributed by atoms with Gasteiger partial charge in [0.1, 0.15) is 12.9 Å². The Labute approximate surface area is 160 Å². The quantitative estimate of drug-likeness (QED) is 0.367. The molecule has 3 aromatic rings. The first-order valence-corrected chi connectivity index (χ1v) is 9.37. The van der Waals surface area contributed by atoms with Crippen LogP contribution in [0.1, 0.15) is 24.7 Å². The van der Waals surface area contributed by atoms with Crippen molar-refractivity contribution in [2.75, 3.05) is 13.1 Å². The lowest BCUT2D eigenvalue weighted by molar-refractivity contribution is 0.739. The number of para-hydroxylation sites is 1. The molecule has 1 heterocycles. The lowest BCUT2D eigenvalue weighted by Crippen LogP contribution is -2.38. The molecule has 6 nitrogen and oxygen atoms in total. The first-order chi connectivity index (χ1) is 13.4. The van der Waals surface area contributed by atoms with E-state index < -0.39 is 0 Å². The number of hydrogen-bond acceptors (Lipinski definition) is 3. The number of aromatic nitrogens is 3. The molecule has 0 fully saturated rings. The molecule has 140 valence electrons. The van der Waals surface area contributed by atoms with Crippen LogP contribution in [0.5, 0.6) is 0 Å². The molecule has 0 aliphatic carbocycles. The van der Waals surface area contributed by atoms with E-state index >= 15 is 0 Å². The van der Waals surface area contributed by atoms with Gasteiger partial charge in [0.05, 0.1) is 0 Å². The average molecular weight is 362 g/mol. The first-order valence-electron chi connectivity index (χ1n) is 9.37. The summed E-state index contributed by atoms with van der Waals surface area (Å²) in [6, 6.07) is 20.6. The van der Waals surface area contributed by atoms with Crippen LogP contribution in [0, 0.1) is 0 Å². The third-order valence-corrected chi connectivity index (χ3v) is 4.15. The third kappa shape index (κ3) is 5.67. The van der Waals surface area contributed by atoms with Gasteiger partial charge in [-0.25, -0.2) is 4.99 Å². The number of aryl methyl sites for hydroxylation is 1. The zero-order chi connectivity index (χ0) is 18.7. The van der Waals surface area contributed by atoms with E-state index in [2.05, 4.69) is 57.0 Å². The summed E-state index contributed by atoms with van der Waals surface area (Å²) in [6.45, 7) is 4.21. The van der Waals surface area contributed by atoms with Crippen molar-refractivity contribution >= 4 is 5.96 Å². The Hall–Kier alpha value is -3.15. The van der Waals surface area contributed by atoms with Crippen LogP contribution in [0.4, 0.5) is 0 Å².